The number of aliphatic hydroxyl groups excluding tert-OH is 2. The number of rotatable bonds is 51. The van der Waals surface area contributed by atoms with Gasteiger partial charge in [-0.25, -0.2) is 0 Å². The molecule has 0 bridgehead atoms. The fourth-order valence-corrected chi connectivity index (χ4v) is 9.43. The lowest BCUT2D eigenvalue weighted by molar-refractivity contribution is -0.154. The molecule has 0 rings (SSSR count). The highest BCUT2D eigenvalue weighted by atomic mass is 32.1. The molecule has 0 aliphatic carbocycles. The monoisotopic (exact) mass is 879 g/mol. The molecule has 0 saturated carbocycles. The first-order valence-corrected chi connectivity index (χ1v) is 27.9. The number of ketones is 2. The molecule has 0 amide bonds. The summed E-state index contributed by atoms with van der Waals surface area (Å²) in [5.41, 5.74) is -2.38. The first-order valence-electron chi connectivity index (χ1n) is 27.4. The van der Waals surface area contributed by atoms with Crippen molar-refractivity contribution in [2.45, 2.75) is 334 Å². The van der Waals surface area contributed by atoms with Gasteiger partial charge in [0.25, 0.3) is 0 Å². The van der Waals surface area contributed by atoms with Crippen molar-refractivity contribution in [2.75, 3.05) is 0 Å². The molecule has 3 atom stereocenters. The summed E-state index contributed by atoms with van der Waals surface area (Å²) >= 11 is 5.70. The van der Waals surface area contributed by atoms with Gasteiger partial charge in [0, 0.05) is 17.7 Å². The number of hydrogen-bond acceptors (Lipinski definition) is 6. The number of unbranched alkanes of at least 4 members (excludes halogenated alkanes) is 40. The molecule has 0 radical (unpaired) electrons. The summed E-state index contributed by atoms with van der Waals surface area (Å²) in [4.78, 5) is 26.9. The Morgan fingerprint density at radius 1 is 0.361 bits per heavy atom. The quantitative estimate of drug-likeness (QED) is 0.0416. The van der Waals surface area contributed by atoms with Crippen LogP contribution in [0.5, 0.6) is 0 Å². The number of carbonyl (C=O) groups is 2. The summed E-state index contributed by atoms with van der Waals surface area (Å²) in [5, 5.41) is 34.3. The van der Waals surface area contributed by atoms with Crippen LogP contribution in [0.15, 0.2) is 0 Å². The van der Waals surface area contributed by atoms with E-state index in [1.807, 2.05) is 0 Å². The van der Waals surface area contributed by atoms with Gasteiger partial charge in [-0.2, -0.15) is 0 Å². The zero-order chi connectivity index (χ0) is 44.9. The molecule has 0 aliphatic heterocycles. The predicted molar refractivity (Wildman–Crippen MR) is 269 cm³/mol. The zero-order valence-corrected chi connectivity index (χ0v) is 42.1. The van der Waals surface area contributed by atoms with E-state index in [2.05, 4.69) is 20.8 Å². The molecule has 3 N–H and O–H groups in total. The summed E-state index contributed by atoms with van der Waals surface area (Å²) < 4.78 is 0. The number of aliphatic hydroxyl groups is 3. The molecule has 0 aromatic carbocycles. The normalized spacial score (nSPS) is 13.7. The van der Waals surface area contributed by atoms with Gasteiger partial charge < -0.3 is 15.3 Å². The van der Waals surface area contributed by atoms with Crippen LogP contribution in [0.4, 0.5) is 0 Å². The highest BCUT2D eigenvalue weighted by Crippen LogP contribution is 2.27. The minimum atomic E-state index is -2.38. The van der Waals surface area contributed by atoms with E-state index < -0.39 is 29.4 Å². The minimum Gasteiger partial charge on any atom is -0.386 e. The molecule has 0 saturated heterocycles. The first-order chi connectivity index (χ1) is 29.8. The second kappa shape index (κ2) is 45.9. The van der Waals surface area contributed by atoms with E-state index in [1.165, 1.54) is 205 Å². The lowest BCUT2D eigenvalue weighted by atomic mass is 9.80. The van der Waals surface area contributed by atoms with E-state index >= 15 is 0 Å². The molecular weight excluding hydrogens is 773 g/mol. The van der Waals surface area contributed by atoms with Crippen molar-refractivity contribution in [3.05, 3.63) is 0 Å². The van der Waals surface area contributed by atoms with E-state index in [1.54, 1.807) is 0 Å². The van der Waals surface area contributed by atoms with Crippen molar-refractivity contribution < 1.29 is 24.9 Å². The van der Waals surface area contributed by atoms with Crippen LogP contribution in [0.2, 0.25) is 0 Å². The fourth-order valence-electron chi connectivity index (χ4n) is 9.05. The molecule has 0 aliphatic rings. The Bertz CT molecular complexity index is 970. The van der Waals surface area contributed by atoms with Crippen LogP contribution in [0.1, 0.15) is 316 Å². The van der Waals surface area contributed by atoms with E-state index in [0.717, 1.165) is 57.8 Å². The molecule has 3 unspecified atom stereocenters. The van der Waals surface area contributed by atoms with Gasteiger partial charge >= 0.3 is 0 Å². The van der Waals surface area contributed by atoms with Crippen molar-refractivity contribution >= 4 is 28.6 Å². The maximum absolute atomic E-state index is 13.7. The Balaban J connectivity index is 4.72. The topological polar surface area (TPSA) is 94.8 Å². The standard InChI is InChI=1S/C55H106O5S/c1-4-7-10-13-16-19-22-25-27-30-32-35-38-41-44-47-50(56)53(58)54(59)55(60,52(61)49-46-43-40-37-34-29-24-21-18-15-12-9-6-3)51(57)48-45-42-39-36-33-31-28-26-23-20-17-14-11-8-5-2/h53-54,58-60H,4-49H2,1-3H3. The van der Waals surface area contributed by atoms with Gasteiger partial charge in [0.1, 0.15) is 12.2 Å². The summed E-state index contributed by atoms with van der Waals surface area (Å²) in [6, 6.07) is 0. The Morgan fingerprint density at radius 3 is 0.836 bits per heavy atom. The number of Topliss-reactive ketones (excluding diaryl/α,β-unsaturated/α-hetero) is 2. The van der Waals surface area contributed by atoms with Crippen molar-refractivity contribution in [1.29, 1.82) is 0 Å². The highest BCUT2D eigenvalue weighted by molar-refractivity contribution is 7.80. The molecular formula is C55H106O5S. The summed E-state index contributed by atoms with van der Waals surface area (Å²) in [5.74, 6) is -1.06. The average Bonchev–Trinajstić information content (AvgIpc) is 3.26. The van der Waals surface area contributed by atoms with E-state index in [4.69, 9.17) is 12.2 Å². The molecule has 0 aromatic rings. The van der Waals surface area contributed by atoms with Crippen LogP contribution in [0.25, 0.3) is 0 Å². The fraction of sp³-hybridized carbons (Fsp3) is 0.945. The Labute approximate surface area is 386 Å². The van der Waals surface area contributed by atoms with E-state index in [0.29, 0.717) is 19.3 Å². The average molecular weight is 880 g/mol. The molecule has 0 spiro atoms. The third-order valence-corrected chi connectivity index (χ3v) is 14.0. The van der Waals surface area contributed by atoms with Gasteiger partial charge in [-0.05, 0) is 25.7 Å². The van der Waals surface area contributed by atoms with Gasteiger partial charge in [-0.3, -0.25) is 9.59 Å². The maximum Gasteiger partial charge on any atom is 0.183 e. The molecule has 0 fully saturated rings. The largest absolute Gasteiger partial charge is 0.386 e. The van der Waals surface area contributed by atoms with Crippen molar-refractivity contribution in [3.8, 4) is 0 Å². The second-order valence-corrected chi connectivity index (χ2v) is 19.9. The van der Waals surface area contributed by atoms with Crippen LogP contribution >= 0.6 is 12.2 Å². The smallest absolute Gasteiger partial charge is 0.183 e. The Morgan fingerprint density at radius 2 is 0.574 bits per heavy atom. The van der Waals surface area contributed by atoms with Crippen molar-refractivity contribution in [3.63, 3.8) is 0 Å². The maximum atomic E-state index is 13.7. The molecule has 0 aromatic heterocycles. The lowest BCUT2D eigenvalue weighted by Crippen LogP contribution is -2.60. The van der Waals surface area contributed by atoms with Crippen molar-refractivity contribution in [2.24, 2.45) is 0 Å². The Hall–Kier alpha value is -0.690. The van der Waals surface area contributed by atoms with Crippen LogP contribution in [-0.2, 0) is 9.59 Å². The van der Waals surface area contributed by atoms with Crippen LogP contribution in [-0.4, -0.2) is 49.6 Å². The van der Waals surface area contributed by atoms with Gasteiger partial charge in [-0.15, -0.1) is 0 Å². The molecule has 61 heavy (non-hydrogen) atoms. The van der Waals surface area contributed by atoms with Crippen LogP contribution < -0.4 is 0 Å². The van der Waals surface area contributed by atoms with Gasteiger partial charge in [0.2, 0.25) is 0 Å². The van der Waals surface area contributed by atoms with Gasteiger partial charge in [0.05, 0.1) is 0 Å². The zero-order valence-electron chi connectivity index (χ0n) is 41.2. The first kappa shape index (κ1) is 60.3. The third kappa shape index (κ3) is 35.3. The summed E-state index contributed by atoms with van der Waals surface area (Å²) in [6.07, 6.45) is 49.3. The van der Waals surface area contributed by atoms with E-state index in [-0.39, 0.29) is 17.7 Å². The molecule has 5 nitrogen and oxygen atoms in total. The van der Waals surface area contributed by atoms with Crippen LogP contribution in [0, 0.1) is 0 Å². The lowest BCUT2D eigenvalue weighted by Gasteiger charge is -2.34. The van der Waals surface area contributed by atoms with Gasteiger partial charge in [0.15, 0.2) is 17.2 Å². The minimum absolute atomic E-state index is 0.0767. The molecule has 362 valence electrons. The number of thiocarbonyl (C=S) groups is 1. The third-order valence-electron chi connectivity index (χ3n) is 13.4. The number of carbonyl (C=O) groups excluding carboxylic acids is 2. The molecule has 0 heterocycles. The highest BCUT2D eigenvalue weighted by Gasteiger charge is 2.50. The summed E-state index contributed by atoms with van der Waals surface area (Å²) in [6.45, 7) is 6.79. The van der Waals surface area contributed by atoms with Gasteiger partial charge in [-0.1, -0.05) is 290 Å². The second-order valence-electron chi connectivity index (χ2n) is 19.4. The predicted octanol–water partition coefficient (Wildman–Crippen LogP) is 17.0. The molecule has 6 heteroatoms. The van der Waals surface area contributed by atoms with Crippen molar-refractivity contribution in [1.82, 2.24) is 0 Å². The SMILES string of the molecule is CCCCCCCCCCCCCCCCCC(=O)C(O)C(O)C(O)(C(=O)CCCCCCCCCCCCCCCCC)C(=S)CCCCCCCCCCCCCCC. The Kier molecular flexibility index (Phi) is 45.3. The summed E-state index contributed by atoms with van der Waals surface area (Å²) in [7, 11) is 0. The van der Waals surface area contributed by atoms with E-state index in [9.17, 15) is 24.9 Å². The number of hydrogen-bond donors (Lipinski definition) is 3. The van der Waals surface area contributed by atoms with Crippen LogP contribution in [0.3, 0.4) is 0 Å².